The van der Waals surface area contributed by atoms with Crippen molar-refractivity contribution < 1.29 is 9.47 Å². The Bertz CT molecular complexity index is 753. The van der Waals surface area contributed by atoms with Gasteiger partial charge in [0.15, 0.2) is 17.5 Å². The smallest absolute Gasteiger partial charge is 0.193 e. The monoisotopic (exact) mass is 353 g/mol. The first-order valence-electron chi connectivity index (χ1n) is 9.01. The van der Waals surface area contributed by atoms with Gasteiger partial charge in [0.1, 0.15) is 0 Å². The van der Waals surface area contributed by atoms with E-state index in [-0.39, 0.29) is 5.41 Å². The van der Waals surface area contributed by atoms with Gasteiger partial charge in [-0.25, -0.2) is 0 Å². The predicted molar refractivity (Wildman–Crippen MR) is 106 cm³/mol. The highest BCUT2D eigenvalue weighted by atomic mass is 16.5. The summed E-state index contributed by atoms with van der Waals surface area (Å²) in [4.78, 5) is 4.66. The molecular formula is C21H27N3O2. The zero-order valence-corrected chi connectivity index (χ0v) is 15.5. The van der Waals surface area contributed by atoms with Gasteiger partial charge in [-0.2, -0.15) is 0 Å². The molecule has 3 rings (SSSR count). The van der Waals surface area contributed by atoms with E-state index in [2.05, 4.69) is 40.6 Å². The molecule has 0 radical (unpaired) electrons. The molecule has 1 fully saturated rings. The third kappa shape index (κ3) is 3.93. The lowest BCUT2D eigenvalue weighted by molar-refractivity contribution is 0.355. The molecule has 3 N–H and O–H groups in total. The molecule has 2 aromatic carbocycles. The number of nitrogens with two attached hydrogens (primary N) is 1. The standard InChI is InChI=1S/C21H27N3O2/c1-25-18-11-10-17(14-19(18)26-2)24-20(22)23-15-21(12-6-7-13-21)16-8-4-3-5-9-16/h3-5,8-11,14H,6-7,12-13,15H2,1-2H3,(H3,22,23,24). The summed E-state index contributed by atoms with van der Waals surface area (Å²) in [5.41, 5.74) is 8.44. The summed E-state index contributed by atoms with van der Waals surface area (Å²) in [5, 5.41) is 3.15. The largest absolute Gasteiger partial charge is 0.493 e. The molecule has 0 spiro atoms. The molecule has 0 bridgehead atoms. The van der Waals surface area contributed by atoms with Crippen molar-refractivity contribution in [2.45, 2.75) is 31.1 Å². The van der Waals surface area contributed by atoms with Crippen LogP contribution in [0.3, 0.4) is 0 Å². The van der Waals surface area contributed by atoms with Crippen LogP contribution in [-0.2, 0) is 5.41 Å². The van der Waals surface area contributed by atoms with E-state index in [9.17, 15) is 0 Å². The maximum atomic E-state index is 6.15. The van der Waals surface area contributed by atoms with Gasteiger partial charge in [0.2, 0.25) is 0 Å². The number of benzene rings is 2. The number of anilines is 1. The highest BCUT2D eigenvalue weighted by Gasteiger charge is 2.35. The van der Waals surface area contributed by atoms with E-state index in [0.717, 1.165) is 18.5 Å². The molecule has 1 aliphatic carbocycles. The van der Waals surface area contributed by atoms with Crippen molar-refractivity contribution in [1.82, 2.24) is 0 Å². The minimum atomic E-state index is 0.102. The molecule has 138 valence electrons. The summed E-state index contributed by atoms with van der Waals surface area (Å²) < 4.78 is 10.6. The molecule has 5 heteroatoms. The quantitative estimate of drug-likeness (QED) is 0.610. The zero-order chi connectivity index (χ0) is 18.4. The van der Waals surface area contributed by atoms with E-state index in [1.54, 1.807) is 14.2 Å². The van der Waals surface area contributed by atoms with Crippen LogP contribution in [0.4, 0.5) is 5.69 Å². The fourth-order valence-electron chi connectivity index (χ4n) is 3.72. The molecule has 1 aliphatic rings. The molecule has 2 aromatic rings. The average molecular weight is 353 g/mol. The molecule has 0 unspecified atom stereocenters. The number of guanidine groups is 1. The lowest BCUT2D eigenvalue weighted by atomic mass is 9.79. The first kappa shape index (κ1) is 18.1. The van der Waals surface area contributed by atoms with E-state index in [0.29, 0.717) is 24.0 Å². The minimum Gasteiger partial charge on any atom is -0.493 e. The van der Waals surface area contributed by atoms with Gasteiger partial charge in [0.25, 0.3) is 0 Å². The molecule has 0 atom stereocenters. The maximum Gasteiger partial charge on any atom is 0.193 e. The van der Waals surface area contributed by atoms with Crippen molar-refractivity contribution in [3.05, 3.63) is 54.1 Å². The van der Waals surface area contributed by atoms with E-state index in [1.165, 1.54) is 18.4 Å². The van der Waals surface area contributed by atoms with Crippen LogP contribution < -0.4 is 20.5 Å². The summed E-state index contributed by atoms with van der Waals surface area (Å²) in [6.07, 6.45) is 4.80. The Hall–Kier alpha value is -2.69. The normalized spacial score (nSPS) is 16.3. The van der Waals surface area contributed by atoms with Crippen LogP contribution in [0.5, 0.6) is 11.5 Å². The van der Waals surface area contributed by atoms with Crippen molar-refractivity contribution in [3.8, 4) is 11.5 Å². The summed E-state index contributed by atoms with van der Waals surface area (Å²) in [5.74, 6) is 1.75. The number of ether oxygens (including phenoxy) is 2. The fourth-order valence-corrected chi connectivity index (χ4v) is 3.72. The Kier molecular flexibility index (Phi) is 5.66. The van der Waals surface area contributed by atoms with Gasteiger partial charge in [-0.3, -0.25) is 4.99 Å². The Labute approximate surface area is 155 Å². The number of nitrogens with one attached hydrogen (secondary N) is 1. The molecule has 0 aliphatic heterocycles. The van der Waals surface area contributed by atoms with E-state index >= 15 is 0 Å². The molecule has 0 heterocycles. The number of nitrogens with zero attached hydrogens (tertiary/aromatic N) is 1. The van der Waals surface area contributed by atoms with Crippen LogP contribution in [0.1, 0.15) is 31.2 Å². The molecule has 0 aromatic heterocycles. The second kappa shape index (κ2) is 8.13. The van der Waals surface area contributed by atoms with Crippen molar-refractivity contribution in [1.29, 1.82) is 0 Å². The van der Waals surface area contributed by atoms with Gasteiger partial charge >= 0.3 is 0 Å². The highest BCUT2D eigenvalue weighted by Crippen LogP contribution is 2.41. The van der Waals surface area contributed by atoms with Crippen molar-refractivity contribution in [2.75, 3.05) is 26.1 Å². The van der Waals surface area contributed by atoms with Gasteiger partial charge in [0, 0.05) is 17.2 Å². The summed E-state index contributed by atoms with van der Waals surface area (Å²) >= 11 is 0. The van der Waals surface area contributed by atoms with Gasteiger partial charge < -0.3 is 20.5 Å². The molecule has 26 heavy (non-hydrogen) atoms. The lowest BCUT2D eigenvalue weighted by Crippen LogP contribution is -2.30. The van der Waals surface area contributed by atoms with Crippen LogP contribution in [0.2, 0.25) is 0 Å². The van der Waals surface area contributed by atoms with E-state index in [4.69, 9.17) is 15.2 Å². The number of hydrogen-bond acceptors (Lipinski definition) is 3. The Morgan fingerprint density at radius 3 is 2.38 bits per heavy atom. The number of methoxy groups -OCH3 is 2. The third-order valence-electron chi connectivity index (χ3n) is 5.15. The molecule has 0 amide bonds. The van der Waals surface area contributed by atoms with Crippen molar-refractivity contribution in [3.63, 3.8) is 0 Å². The summed E-state index contributed by atoms with van der Waals surface area (Å²) in [6.45, 7) is 0.698. The summed E-state index contributed by atoms with van der Waals surface area (Å²) in [7, 11) is 3.23. The predicted octanol–water partition coefficient (Wildman–Crippen LogP) is 3.94. The Morgan fingerprint density at radius 2 is 1.73 bits per heavy atom. The second-order valence-electron chi connectivity index (χ2n) is 6.75. The molecular weight excluding hydrogens is 326 g/mol. The molecule has 1 saturated carbocycles. The van der Waals surface area contributed by atoms with Crippen molar-refractivity contribution in [2.24, 2.45) is 10.7 Å². The first-order chi connectivity index (χ1) is 12.7. The van der Waals surface area contributed by atoms with Gasteiger partial charge in [-0.1, -0.05) is 43.2 Å². The van der Waals surface area contributed by atoms with Crippen LogP contribution in [0.15, 0.2) is 53.5 Å². The van der Waals surface area contributed by atoms with Crippen LogP contribution in [-0.4, -0.2) is 26.7 Å². The van der Waals surface area contributed by atoms with E-state index < -0.39 is 0 Å². The highest BCUT2D eigenvalue weighted by molar-refractivity contribution is 5.92. The number of hydrogen-bond donors (Lipinski definition) is 2. The molecule has 5 nitrogen and oxygen atoms in total. The van der Waals surface area contributed by atoms with Crippen LogP contribution >= 0.6 is 0 Å². The summed E-state index contributed by atoms with van der Waals surface area (Å²) in [6, 6.07) is 16.3. The van der Waals surface area contributed by atoms with Gasteiger partial charge in [-0.15, -0.1) is 0 Å². The zero-order valence-electron chi connectivity index (χ0n) is 15.5. The van der Waals surface area contributed by atoms with Crippen LogP contribution in [0, 0.1) is 0 Å². The Morgan fingerprint density at radius 1 is 1.04 bits per heavy atom. The van der Waals surface area contributed by atoms with Crippen molar-refractivity contribution >= 4 is 11.6 Å². The number of aliphatic imine (C=N–C) groups is 1. The fraction of sp³-hybridized carbons (Fsp3) is 0.381. The van der Waals surface area contributed by atoms with E-state index in [1.807, 2.05) is 18.2 Å². The third-order valence-corrected chi connectivity index (χ3v) is 5.15. The van der Waals surface area contributed by atoms with Crippen LogP contribution in [0.25, 0.3) is 0 Å². The van der Waals surface area contributed by atoms with Gasteiger partial charge in [-0.05, 0) is 30.5 Å². The van der Waals surface area contributed by atoms with Gasteiger partial charge in [0.05, 0.1) is 20.8 Å². The first-order valence-corrected chi connectivity index (χ1v) is 9.01. The number of rotatable bonds is 6. The minimum absolute atomic E-state index is 0.102. The SMILES string of the molecule is COc1ccc(NC(N)=NCC2(c3ccccc3)CCCC2)cc1OC. The topological polar surface area (TPSA) is 68.9 Å². The second-order valence-corrected chi connectivity index (χ2v) is 6.75. The maximum absolute atomic E-state index is 6.15. The Balaban J connectivity index is 1.73. The molecule has 0 saturated heterocycles. The average Bonchev–Trinajstić information content (AvgIpc) is 3.17. The lowest BCUT2D eigenvalue weighted by Gasteiger charge is -2.28.